The topological polar surface area (TPSA) is 84.0 Å². The Hall–Kier alpha value is -3.16. The van der Waals surface area contributed by atoms with Crippen LogP contribution >= 0.6 is 11.6 Å². The molecule has 0 aliphatic carbocycles. The summed E-state index contributed by atoms with van der Waals surface area (Å²) >= 11 is 5.96. The number of hydrogen-bond acceptors (Lipinski definition) is 5. The van der Waals surface area contributed by atoms with Crippen molar-refractivity contribution in [1.82, 2.24) is 9.97 Å². The Balaban J connectivity index is 1.76. The predicted molar refractivity (Wildman–Crippen MR) is 121 cm³/mol. The fraction of sp³-hybridized carbons (Fsp3) is 0.0909. The van der Waals surface area contributed by atoms with Crippen molar-refractivity contribution in [2.75, 3.05) is 10.0 Å². The largest absolute Gasteiger partial charge is 0.337 e. The van der Waals surface area contributed by atoms with E-state index in [9.17, 15) is 8.42 Å². The molecule has 0 atom stereocenters. The fourth-order valence-corrected chi connectivity index (χ4v) is 4.25. The van der Waals surface area contributed by atoms with Gasteiger partial charge in [-0.05, 0) is 54.4 Å². The van der Waals surface area contributed by atoms with Crippen molar-refractivity contribution in [3.63, 3.8) is 0 Å². The molecule has 0 saturated carbocycles. The van der Waals surface area contributed by atoms with E-state index in [4.69, 9.17) is 11.6 Å². The number of nitrogens with one attached hydrogen (secondary N) is 2. The molecule has 4 rings (SSSR count). The molecule has 2 N–H and O–H groups in total. The summed E-state index contributed by atoms with van der Waals surface area (Å²) in [6.45, 7) is 2.08. The highest BCUT2D eigenvalue weighted by Gasteiger charge is 2.19. The molecular formula is C22H19ClN4O2S. The molecule has 6 nitrogen and oxygen atoms in total. The third-order valence-electron chi connectivity index (χ3n) is 4.53. The van der Waals surface area contributed by atoms with E-state index in [0.717, 1.165) is 12.1 Å². The molecule has 1 aromatic heterocycles. The molecule has 0 bridgehead atoms. The Morgan fingerprint density at radius 3 is 2.17 bits per heavy atom. The monoisotopic (exact) mass is 438 g/mol. The molecule has 0 saturated heterocycles. The van der Waals surface area contributed by atoms with E-state index in [1.807, 2.05) is 42.5 Å². The summed E-state index contributed by atoms with van der Waals surface area (Å²) in [5.41, 5.74) is 3.20. The van der Waals surface area contributed by atoms with Gasteiger partial charge in [0.05, 0.1) is 15.9 Å². The van der Waals surface area contributed by atoms with Crippen LogP contribution in [0.1, 0.15) is 12.5 Å². The lowest BCUT2D eigenvalue weighted by Gasteiger charge is -2.14. The molecule has 3 aromatic carbocycles. The zero-order valence-electron chi connectivity index (χ0n) is 16.1. The van der Waals surface area contributed by atoms with Crippen molar-refractivity contribution in [2.24, 2.45) is 0 Å². The summed E-state index contributed by atoms with van der Waals surface area (Å²) in [6, 6.07) is 21.2. The molecule has 4 aromatic rings. The highest BCUT2D eigenvalue weighted by atomic mass is 35.5. The van der Waals surface area contributed by atoms with Crippen LogP contribution in [0.4, 0.5) is 17.3 Å². The second-order valence-corrected chi connectivity index (χ2v) is 8.77. The van der Waals surface area contributed by atoms with E-state index in [1.54, 1.807) is 18.2 Å². The number of rotatable bonds is 6. The summed E-state index contributed by atoms with van der Waals surface area (Å²) in [7, 11) is -3.91. The van der Waals surface area contributed by atoms with Crippen molar-refractivity contribution < 1.29 is 8.42 Å². The Morgan fingerprint density at radius 1 is 0.867 bits per heavy atom. The Bertz CT molecular complexity index is 1310. The van der Waals surface area contributed by atoms with Gasteiger partial charge in [-0.25, -0.2) is 18.4 Å². The highest BCUT2D eigenvalue weighted by Crippen LogP contribution is 2.27. The molecule has 1 heterocycles. The van der Waals surface area contributed by atoms with E-state index < -0.39 is 10.0 Å². The number of aryl methyl sites for hydroxylation is 1. The number of aromatic nitrogens is 2. The molecule has 0 fully saturated rings. The molecule has 8 heteroatoms. The number of benzene rings is 3. The van der Waals surface area contributed by atoms with Crippen LogP contribution in [0.25, 0.3) is 11.0 Å². The summed E-state index contributed by atoms with van der Waals surface area (Å²) < 4.78 is 28.4. The summed E-state index contributed by atoms with van der Waals surface area (Å²) in [6.07, 6.45) is 0.931. The lowest BCUT2D eigenvalue weighted by molar-refractivity contribution is 0.601. The van der Waals surface area contributed by atoms with Gasteiger partial charge in [-0.15, -0.1) is 0 Å². The van der Waals surface area contributed by atoms with Crippen LogP contribution in [0.5, 0.6) is 0 Å². The van der Waals surface area contributed by atoms with Crippen molar-refractivity contribution >= 4 is 50.0 Å². The molecule has 0 aliphatic rings. The van der Waals surface area contributed by atoms with Gasteiger partial charge in [0.1, 0.15) is 0 Å². The number of sulfonamides is 1. The number of halogens is 1. The molecule has 0 spiro atoms. The summed E-state index contributed by atoms with van der Waals surface area (Å²) in [5, 5.41) is 3.51. The minimum atomic E-state index is -3.91. The normalized spacial score (nSPS) is 11.4. The zero-order chi connectivity index (χ0) is 21.1. The lowest BCUT2D eigenvalue weighted by atomic mass is 10.1. The average Bonchev–Trinajstić information content (AvgIpc) is 2.74. The van der Waals surface area contributed by atoms with E-state index in [1.165, 1.54) is 17.7 Å². The number of para-hydroxylation sites is 2. The molecular weight excluding hydrogens is 420 g/mol. The van der Waals surface area contributed by atoms with Crippen LogP contribution in [0.15, 0.2) is 77.7 Å². The lowest BCUT2D eigenvalue weighted by Crippen LogP contribution is -2.16. The van der Waals surface area contributed by atoms with Crippen LogP contribution in [-0.4, -0.2) is 18.4 Å². The van der Waals surface area contributed by atoms with Gasteiger partial charge >= 0.3 is 0 Å². The molecule has 30 heavy (non-hydrogen) atoms. The quantitative estimate of drug-likeness (QED) is 0.421. The molecule has 0 amide bonds. The van der Waals surface area contributed by atoms with Crippen LogP contribution in [0, 0.1) is 0 Å². The van der Waals surface area contributed by atoms with E-state index in [-0.39, 0.29) is 10.7 Å². The molecule has 0 unspecified atom stereocenters. The van der Waals surface area contributed by atoms with Crippen molar-refractivity contribution in [3.05, 3.63) is 83.4 Å². The van der Waals surface area contributed by atoms with Crippen molar-refractivity contribution in [3.8, 4) is 0 Å². The third-order valence-corrected chi connectivity index (χ3v) is 6.10. The number of nitrogens with zero attached hydrogens (tertiary/aromatic N) is 2. The maximum atomic E-state index is 12.9. The second kappa shape index (κ2) is 8.30. The molecule has 0 aliphatic heterocycles. The first kappa shape index (κ1) is 20.1. The standard InChI is InChI=1S/C22H19ClN4O2S/c1-2-15-10-12-17(13-11-15)24-21-22(26-20-9-4-3-8-19(20)25-21)27-30(28,29)18-7-5-6-16(23)14-18/h3-14H,2H2,1H3,(H,24,25)(H,26,27). The van der Waals surface area contributed by atoms with Crippen LogP contribution in [0.3, 0.4) is 0 Å². The predicted octanol–water partition coefficient (Wildman–Crippen LogP) is 5.39. The highest BCUT2D eigenvalue weighted by molar-refractivity contribution is 7.92. The maximum Gasteiger partial charge on any atom is 0.263 e. The van der Waals surface area contributed by atoms with Crippen LogP contribution < -0.4 is 10.0 Å². The fourth-order valence-electron chi connectivity index (χ4n) is 2.94. The van der Waals surface area contributed by atoms with Crippen molar-refractivity contribution in [1.29, 1.82) is 0 Å². The Morgan fingerprint density at radius 2 is 1.53 bits per heavy atom. The average molecular weight is 439 g/mol. The van der Waals surface area contributed by atoms with E-state index >= 15 is 0 Å². The van der Waals surface area contributed by atoms with Gasteiger partial charge in [0.15, 0.2) is 11.6 Å². The van der Waals surface area contributed by atoms with Crippen LogP contribution in [-0.2, 0) is 16.4 Å². The summed E-state index contributed by atoms with van der Waals surface area (Å²) in [5.74, 6) is 0.414. The first-order chi connectivity index (χ1) is 14.4. The molecule has 0 radical (unpaired) electrons. The van der Waals surface area contributed by atoms with Gasteiger partial charge in [-0.1, -0.05) is 48.9 Å². The van der Waals surface area contributed by atoms with E-state index in [2.05, 4.69) is 26.9 Å². The van der Waals surface area contributed by atoms with Crippen LogP contribution in [0.2, 0.25) is 5.02 Å². The second-order valence-electron chi connectivity index (χ2n) is 6.65. The third kappa shape index (κ3) is 4.37. The van der Waals surface area contributed by atoms with Crippen molar-refractivity contribution in [2.45, 2.75) is 18.2 Å². The maximum absolute atomic E-state index is 12.9. The smallest absolute Gasteiger partial charge is 0.263 e. The summed E-state index contributed by atoms with van der Waals surface area (Å²) in [4.78, 5) is 9.12. The van der Waals surface area contributed by atoms with Gasteiger partial charge in [0, 0.05) is 10.7 Å². The SMILES string of the molecule is CCc1ccc(Nc2nc3ccccc3nc2NS(=O)(=O)c2cccc(Cl)c2)cc1. The number of hydrogen-bond donors (Lipinski definition) is 2. The number of anilines is 3. The first-order valence-corrected chi connectivity index (χ1v) is 11.2. The first-order valence-electron chi connectivity index (χ1n) is 9.36. The van der Waals surface area contributed by atoms with E-state index in [0.29, 0.717) is 21.9 Å². The minimum absolute atomic E-state index is 0.0446. The Kier molecular flexibility index (Phi) is 5.57. The van der Waals surface area contributed by atoms with Gasteiger partial charge in [-0.2, -0.15) is 0 Å². The molecule has 152 valence electrons. The minimum Gasteiger partial charge on any atom is -0.337 e. The van der Waals surface area contributed by atoms with Gasteiger partial charge < -0.3 is 5.32 Å². The van der Waals surface area contributed by atoms with Gasteiger partial charge in [0.2, 0.25) is 0 Å². The van der Waals surface area contributed by atoms with Gasteiger partial charge in [-0.3, -0.25) is 4.72 Å². The zero-order valence-corrected chi connectivity index (χ0v) is 17.7. The number of fused-ring (bicyclic) bond motifs is 1. The Labute approximate surface area is 180 Å². The van der Waals surface area contributed by atoms with Gasteiger partial charge in [0.25, 0.3) is 10.0 Å².